The number of rotatable bonds is 11. The SMILES string of the molecule is CC(C)NC(=O)[C@H](C)N(Cc1ccc(Cl)cc1Cl)C(=O)CN(c1cccc([N+](=O)[O-])c1)S(=O)(=O)c1ccccc1. The van der Waals surface area contributed by atoms with Crippen molar-refractivity contribution in [3.05, 3.63) is 98.5 Å². The van der Waals surface area contributed by atoms with Gasteiger partial charge in [-0.3, -0.25) is 24.0 Å². The van der Waals surface area contributed by atoms with Gasteiger partial charge in [-0.05, 0) is 56.7 Å². The molecule has 40 heavy (non-hydrogen) atoms. The highest BCUT2D eigenvalue weighted by Gasteiger charge is 2.33. The van der Waals surface area contributed by atoms with Crippen molar-refractivity contribution in [3.8, 4) is 0 Å². The van der Waals surface area contributed by atoms with Crippen molar-refractivity contribution < 1.29 is 22.9 Å². The lowest BCUT2D eigenvalue weighted by Crippen LogP contribution is -2.52. The molecule has 3 aromatic carbocycles. The highest BCUT2D eigenvalue weighted by molar-refractivity contribution is 7.92. The molecular formula is C27H28Cl2N4O6S. The molecule has 0 radical (unpaired) electrons. The number of anilines is 1. The van der Waals surface area contributed by atoms with Crippen LogP contribution in [-0.4, -0.2) is 48.7 Å². The van der Waals surface area contributed by atoms with E-state index in [2.05, 4.69) is 5.32 Å². The Bertz CT molecular complexity index is 1500. The third-order valence-corrected chi connectivity index (χ3v) is 8.27. The standard InChI is InChI=1S/C27H28Cl2N4O6S/c1-18(2)30-27(35)19(3)31(16-20-12-13-21(28)14-25(20)29)26(34)17-32(22-8-7-9-23(15-22)33(36)37)40(38,39)24-10-5-4-6-11-24/h4-15,18-19H,16-17H2,1-3H3,(H,30,35)/t19-/m0/s1. The Hall–Kier alpha value is -3.67. The van der Waals surface area contributed by atoms with E-state index in [0.29, 0.717) is 10.6 Å². The predicted octanol–water partition coefficient (Wildman–Crippen LogP) is 5.04. The number of hydrogen-bond acceptors (Lipinski definition) is 6. The lowest BCUT2D eigenvalue weighted by molar-refractivity contribution is -0.384. The molecule has 10 nitrogen and oxygen atoms in total. The highest BCUT2D eigenvalue weighted by Crippen LogP contribution is 2.28. The third-order valence-electron chi connectivity index (χ3n) is 5.89. The first kappa shape index (κ1) is 30.9. The van der Waals surface area contributed by atoms with Crippen LogP contribution in [0.3, 0.4) is 0 Å². The maximum atomic E-state index is 13.9. The number of hydrogen-bond donors (Lipinski definition) is 1. The smallest absolute Gasteiger partial charge is 0.271 e. The van der Waals surface area contributed by atoms with Crippen LogP contribution >= 0.6 is 23.2 Å². The molecule has 1 N–H and O–H groups in total. The Labute approximate surface area is 242 Å². The van der Waals surface area contributed by atoms with Gasteiger partial charge in [0.1, 0.15) is 12.6 Å². The number of non-ortho nitro benzene ring substituents is 1. The van der Waals surface area contributed by atoms with Crippen molar-refractivity contribution in [1.29, 1.82) is 0 Å². The number of nitrogens with one attached hydrogen (secondary N) is 1. The summed E-state index contributed by atoms with van der Waals surface area (Å²) in [6, 6.07) is 15.8. The summed E-state index contributed by atoms with van der Waals surface area (Å²) in [5.74, 6) is -1.19. The van der Waals surface area contributed by atoms with E-state index in [-0.39, 0.29) is 33.9 Å². The summed E-state index contributed by atoms with van der Waals surface area (Å²) in [7, 11) is -4.36. The van der Waals surface area contributed by atoms with Crippen molar-refractivity contribution in [2.24, 2.45) is 0 Å². The van der Waals surface area contributed by atoms with E-state index in [1.54, 1.807) is 32.0 Å². The average Bonchev–Trinajstić information content (AvgIpc) is 2.90. The minimum Gasteiger partial charge on any atom is -0.352 e. The first-order valence-corrected chi connectivity index (χ1v) is 14.4. The number of carbonyl (C=O) groups is 2. The molecule has 0 unspecified atom stereocenters. The van der Waals surface area contributed by atoms with E-state index in [0.717, 1.165) is 10.4 Å². The third kappa shape index (κ3) is 7.50. The second kappa shape index (κ2) is 13.1. The number of nitro groups is 1. The molecule has 0 saturated heterocycles. The van der Waals surface area contributed by atoms with Crippen LogP contribution in [0.15, 0.2) is 77.7 Å². The van der Waals surface area contributed by atoms with Crippen LogP contribution in [0.2, 0.25) is 10.0 Å². The Kier molecular flexibility index (Phi) is 10.1. The Morgan fingerprint density at radius 1 is 0.975 bits per heavy atom. The van der Waals surface area contributed by atoms with Crippen molar-refractivity contribution in [3.63, 3.8) is 0 Å². The predicted molar refractivity (Wildman–Crippen MR) is 154 cm³/mol. The molecular weight excluding hydrogens is 579 g/mol. The minimum absolute atomic E-state index is 0.0878. The van der Waals surface area contributed by atoms with Gasteiger partial charge in [0.2, 0.25) is 11.8 Å². The van der Waals surface area contributed by atoms with Crippen molar-refractivity contribution in [2.45, 2.75) is 44.3 Å². The molecule has 13 heteroatoms. The van der Waals surface area contributed by atoms with E-state index in [9.17, 15) is 28.1 Å². The number of benzene rings is 3. The maximum absolute atomic E-state index is 13.9. The van der Waals surface area contributed by atoms with Crippen LogP contribution in [0.25, 0.3) is 0 Å². The molecule has 0 aromatic heterocycles. The number of sulfonamides is 1. The highest BCUT2D eigenvalue weighted by atomic mass is 35.5. The van der Waals surface area contributed by atoms with Crippen molar-refractivity contribution in [2.75, 3.05) is 10.8 Å². The van der Waals surface area contributed by atoms with Gasteiger partial charge >= 0.3 is 0 Å². The van der Waals surface area contributed by atoms with Crippen LogP contribution in [0, 0.1) is 10.1 Å². The lowest BCUT2D eigenvalue weighted by Gasteiger charge is -2.32. The molecule has 0 bridgehead atoms. The molecule has 212 valence electrons. The summed E-state index contributed by atoms with van der Waals surface area (Å²) in [5, 5.41) is 14.8. The Balaban J connectivity index is 2.08. The maximum Gasteiger partial charge on any atom is 0.271 e. The number of nitro benzene ring substituents is 1. The van der Waals surface area contributed by atoms with Gasteiger partial charge in [0.15, 0.2) is 0 Å². The number of amides is 2. The first-order chi connectivity index (χ1) is 18.8. The largest absolute Gasteiger partial charge is 0.352 e. The topological polar surface area (TPSA) is 130 Å². The molecule has 0 aliphatic rings. The second-order valence-corrected chi connectivity index (χ2v) is 11.9. The number of carbonyl (C=O) groups excluding carboxylic acids is 2. The van der Waals surface area contributed by atoms with E-state index < -0.39 is 39.3 Å². The fraction of sp³-hybridized carbons (Fsp3) is 0.259. The van der Waals surface area contributed by atoms with Gasteiger partial charge in [0, 0.05) is 34.8 Å². The summed E-state index contributed by atoms with van der Waals surface area (Å²) < 4.78 is 28.3. The molecule has 1 atom stereocenters. The zero-order valence-corrected chi connectivity index (χ0v) is 24.3. The summed E-state index contributed by atoms with van der Waals surface area (Å²) >= 11 is 12.4. The van der Waals surface area contributed by atoms with Gasteiger partial charge < -0.3 is 10.2 Å². The quantitative estimate of drug-likeness (QED) is 0.240. The van der Waals surface area contributed by atoms with Gasteiger partial charge in [-0.15, -0.1) is 0 Å². The summed E-state index contributed by atoms with van der Waals surface area (Å²) in [6.45, 7) is 4.17. The second-order valence-electron chi connectivity index (χ2n) is 9.20. The van der Waals surface area contributed by atoms with Gasteiger partial charge in [-0.2, -0.15) is 0 Å². The van der Waals surface area contributed by atoms with Gasteiger partial charge in [0.25, 0.3) is 15.7 Å². The van der Waals surface area contributed by atoms with Crippen molar-refractivity contribution >= 4 is 56.4 Å². The molecule has 0 aliphatic carbocycles. The molecule has 0 saturated carbocycles. The van der Waals surface area contributed by atoms with E-state index in [1.807, 2.05) is 0 Å². The zero-order chi connectivity index (χ0) is 29.6. The molecule has 0 spiro atoms. The Morgan fingerprint density at radius 2 is 1.65 bits per heavy atom. The van der Waals surface area contributed by atoms with Gasteiger partial charge in [0.05, 0.1) is 15.5 Å². The molecule has 0 heterocycles. The molecule has 3 aromatic rings. The minimum atomic E-state index is -4.36. The van der Waals surface area contributed by atoms with E-state index >= 15 is 0 Å². The van der Waals surface area contributed by atoms with Crippen LogP contribution in [-0.2, 0) is 26.2 Å². The van der Waals surface area contributed by atoms with Gasteiger partial charge in [-0.25, -0.2) is 8.42 Å². The fourth-order valence-electron chi connectivity index (χ4n) is 3.83. The Morgan fingerprint density at radius 3 is 2.25 bits per heavy atom. The van der Waals surface area contributed by atoms with Crippen LogP contribution in [0.4, 0.5) is 11.4 Å². The van der Waals surface area contributed by atoms with E-state index in [1.165, 1.54) is 60.4 Å². The van der Waals surface area contributed by atoms with Crippen molar-refractivity contribution in [1.82, 2.24) is 10.2 Å². The molecule has 0 aliphatic heterocycles. The normalized spacial score (nSPS) is 12.1. The molecule has 3 rings (SSSR count). The lowest BCUT2D eigenvalue weighted by atomic mass is 10.1. The van der Waals surface area contributed by atoms with Gasteiger partial charge in [-0.1, -0.05) is 53.5 Å². The summed E-state index contributed by atoms with van der Waals surface area (Å²) in [6.07, 6.45) is 0. The molecule has 2 amide bonds. The fourth-order valence-corrected chi connectivity index (χ4v) is 5.73. The summed E-state index contributed by atoms with van der Waals surface area (Å²) in [4.78, 5) is 38.7. The number of nitrogens with zero attached hydrogens (tertiary/aromatic N) is 3. The van der Waals surface area contributed by atoms with E-state index in [4.69, 9.17) is 23.2 Å². The monoisotopic (exact) mass is 606 g/mol. The summed E-state index contributed by atoms with van der Waals surface area (Å²) in [5.41, 5.74) is 0.0410. The van der Waals surface area contributed by atoms with Crippen LogP contribution in [0.1, 0.15) is 26.3 Å². The average molecular weight is 608 g/mol. The van der Waals surface area contributed by atoms with Crippen LogP contribution in [0.5, 0.6) is 0 Å². The van der Waals surface area contributed by atoms with Crippen LogP contribution < -0.4 is 9.62 Å². The number of halogens is 2. The first-order valence-electron chi connectivity index (χ1n) is 12.2. The zero-order valence-electron chi connectivity index (χ0n) is 22.0. The molecule has 0 fully saturated rings.